The van der Waals surface area contributed by atoms with Gasteiger partial charge < -0.3 is 19.3 Å². The zero-order chi connectivity index (χ0) is 13.4. The molecule has 0 aliphatic carbocycles. The molecular formula is C14H22O4. The van der Waals surface area contributed by atoms with Crippen molar-refractivity contribution >= 4 is 0 Å². The van der Waals surface area contributed by atoms with E-state index >= 15 is 0 Å². The van der Waals surface area contributed by atoms with Gasteiger partial charge in [-0.05, 0) is 37.1 Å². The Kier molecular flexibility index (Phi) is 6.72. The van der Waals surface area contributed by atoms with Crippen LogP contribution in [-0.4, -0.2) is 38.6 Å². The Morgan fingerprint density at radius 1 is 1.17 bits per heavy atom. The highest BCUT2D eigenvalue weighted by molar-refractivity contribution is 5.36. The van der Waals surface area contributed by atoms with Crippen LogP contribution < -0.4 is 4.74 Å². The fourth-order valence-electron chi connectivity index (χ4n) is 1.55. The first-order valence-electron chi connectivity index (χ1n) is 6.13. The first kappa shape index (κ1) is 15.0. The minimum absolute atomic E-state index is 0.449. The fraction of sp³-hybridized carbons (Fsp3) is 0.571. The number of aryl methyl sites for hydroxylation is 1. The van der Waals surface area contributed by atoms with Gasteiger partial charge in [-0.3, -0.25) is 0 Å². The predicted octanol–water partition coefficient (Wildman–Crippen LogP) is 2.09. The fourth-order valence-corrected chi connectivity index (χ4v) is 1.55. The molecule has 0 unspecified atom stereocenters. The summed E-state index contributed by atoms with van der Waals surface area (Å²) in [4.78, 5) is 0. The van der Waals surface area contributed by atoms with Crippen molar-refractivity contribution in [2.24, 2.45) is 0 Å². The van der Waals surface area contributed by atoms with Gasteiger partial charge in [0, 0.05) is 7.11 Å². The van der Waals surface area contributed by atoms with Crippen LogP contribution in [-0.2, 0) is 9.47 Å². The second kappa shape index (κ2) is 8.08. The van der Waals surface area contributed by atoms with Gasteiger partial charge in [-0.2, -0.15) is 0 Å². The molecule has 4 nitrogen and oxygen atoms in total. The number of hydrogen-bond donors (Lipinski definition) is 1. The summed E-state index contributed by atoms with van der Waals surface area (Å²) in [6, 6.07) is 5.69. The van der Waals surface area contributed by atoms with Gasteiger partial charge in [-0.1, -0.05) is 6.07 Å². The number of rotatable bonds is 8. The summed E-state index contributed by atoms with van der Waals surface area (Å²) in [5.41, 5.74) is 1.92. The maximum absolute atomic E-state index is 9.46. The van der Waals surface area contributed by atoms with Gasteiger partial charge in [0.15, 0.2) is 0 Å². The van der Waals surface area contributed by atoms with Crippen molar-refractivity contribution in [2.45, 2.75) is 20.0 Å². The van der Waals surface area contributed by atoms with Crippen LogP contribution in [0.25, 0.3) is 0 Å². The number of aliphatic hydroxyl groups excluding tert-OH is 1. The number of benzene rings is 1. The largest absolute Gasteiger partial charge is 0.491 e. The van der Waals surface area contributed by atoms with E-state index in [1.54, 1.807) is 14.0 Å². The van der Waals surface area contributed by atoms with Gasteiger partial charge in [-0.15, -0.1) is 0 Å². The summed E-state index contributed by atoms with van der Waals surface area (Å²) in [6.45, 7) is 5.95. The van der Waals surface area contributed by atoms with E-state index in [0.717, 1.165) is 16.9 Å². The highest BCUT2D eigenvalue weighted by Gasteiger charge is 2.04. The van der Waals surface area contributed by atoms with Crippen LogP contribution >= 0.6 is 0 Å². The van der Waals surface area contributed by atoms with Crippen LogP contribution in [0.3, 0.4) is 0 Å². The Bertz CT molecular complexity index is 350. The molecule has 0 aliphatic heterocycles. The molecule has 102 valence electrons. The van der Waals surface area contributed by atoms with Crippen LogP contribution in [0.1, 0.15) is 24.2 Å². The average molecular weight is 254 g/mol. The molecule has 0 aromatic heterocycles. The maximum atomic E-state index is 9.46. The zero-order valence-corrected chi connectivity index (χ0v) is 11.3. The predicted molar refractivity (Wildman–Crippen MR) is 70.0 cm³/mol. The van der Waals surface area contributed by atoms with Gasteiger partial charge in [0.25, 0.3) is 0 Å². The van der Waals surface area contributed by atoms with E-state index in [1.807, 2.05) is 25.1 Å². The third kappa shape index (κ3) is 5.04. The monoisotopic (exact) mass is 254 g/mol. The summed E-state index contributed by atoms with van der Waals surface area (Å²) in [7, 11) is 1.65. The smallest absolute Gasteiger partial charge is 0.122 e. The Morgan fingerprint density at radius 2 is 1.89 bits per heavy atom. The van der Waals surface area contributed by atoms with Crippen molar-refractivity contribution in [3.05, 3.63) is 29.3 Å². The normalized spacial score (nSPS) is 12.4. The second-order valence-electron chi connectivity index (χ2n) is 4.15. The zero-order valence-electron chi connectivity index (χ0n) is 11.3. The molecule has 18 heavy (non-hydrogen) atoms. The molecule has 0 heterocycles. The molecular weight excluding hydrogens is 232 g/mol. The Labute approximate surface area is 108 Å². The molecule has 1 aromatic carbocycles. The lowest BCUT2D eigenvalue weighted by atomic mass is 10.1. The molecule has 1 N–H and O–H groups in total. The number of hydrogen-bond acceptors (Lipinski definition) is 4. The minimum Gasteiger partial charge on any atom is -0.491 e. The van der Waals surface area contributed by atoms with Gasteiger partial charge >= 0.3 is 0 Å². The SMILES string of the molecule is COCCOCCOc1ccc([C@H](C)O)cc1C. The summed E-state index contributed by atoms with van der Waals surface area (Å²) in [6.07, 6.45) is -0.449. The van der Waals surface area contributed by atoms with E-state index in [4.69, 9.17) is 14.2 Å². The highest BCUT2D eigenvalue weighted by atomic mass is 16.5. The van der Waals surface area contributed by atoms with E-state index in [9.17, 15) is 5.11 Å². The van der Waals surface area contributed by atoms with Gasteiger partial charge in [0.05, 0.1) is 25.9 Å². The molecule has 0 saturated heterocycles. The molecule has 0 bridgehead atoms. The van der Waals surface area contributed by atoms with Crippen molar-refractivity contribution in [2.75, 3.05) is 33.5 Å². The molecule has 0 fully saturated rings. The first-order chi connectivity index (χ1) is 8.65. The van der Waals surface area contributed by atoms with E-state index in [2.05, 4.69) is 0 Å². The third-order valence-corrected chi connectivity index (χ3v) is 2.60. The molecule has 4 heteroatoms. The number of aliphatic hydroxyl groups is 1. The summed E-state index contributed by atoms with van der Waals surface area (Å²) >= 11 is 0. The van der Waals surface area contributed by atoms with Crippen molar-refractivity contribution in [1.82, 2.24) is 0 Å². The van der Waals surface area contributed by atoms with Crippen molar-refractivity contribution < 1.29 is 19.3 Å². The summed E-state index contributed by atoms with van der Waals surface area (Å²) in [5, 5.41) is 9.46. The van der Waals surface area contributed by atoms with Gasteiger partial charge in [0.1, 0.15) is 12.4 Å². The van der Waals surface area contributed by atoms with Crippen molar-refractivity contribution in [3.8, 4) is 5.75 Å². The Balaban J connectivity index is 2.34. The van der Waals surface area contributed by atoms with Crippen molar-refractivity contribution in [1.29, 1.82) is 0 Å². The van der Waals surface area contributed by atoms with Crippen LogP contribution in [0.4, 0.5) is 0 Å². The molecule has 1 atom stereocenters. The van der Waals surface area contributed by atoms with Crippen LogP contribution in [0, 0.1) is 6.92 Å². The van der Waals surface area contributed by atoms with E-state index in [-0.39, 0.29) is 0 Å². The molecule has 1 rings (SSSR count). The number of ether oxygens (including phenoxy) is 3. The molecule has 0 radical (unpaired) electrons. The first-order valence-corrected chi connectivity index (χ1v) is 6.13. The second-order valence-corrected chi connectivity index (χ2v) is 4.15. The lowest BCUT2D eigenvalue weighted by Gasteiger charge is -2.12. The van der Waals surface area contributed by atoms with Crippen molar-refractivity contribution in [3.63, 3.8) is 0 Å². The molecule has 0 amide bonds. The quantitative estimate of drug-likeness (QED) is 0.722. The highest BCUT2D eigenvalue weighted by Crippen LogP contribution is 2.22. The third-order valence-electron chi connectivity index (χ3n) is 2.60. The number of methoxy groups -OCH3 is 1. The Morgan fingerprint density at radius 3 is 2.50 bits per heavy atom. The average Bonchev–Trinajstić information content (AvgIpc) is 2.35. The Hall–Kier alpha value is -1.10. The lowest BCUT2D eigenvalue weighted by Crippen LogP contribution is -2.10. The van der Waals surface area contributed by atoms with Crippen LogP contribution in [0.15, 0.2) is 18.2 Å². The van der Waals surface area contributed by atoms with Crippen LogP contribution in [0.5, 0.6) is 5.75 Å². The topological polar surface area (TPSA) is 47.9 Å². The van der Waals surface area contributed by atoms with E-state index in [0.29, 0.717) is 26.4 Å². The molecule has 1 aromatic rings. The molecule has 0 spiro atoms. The minimum atomic E-state index is -0.449. The van der Waals surface area contributed by atoms with E-state index in [1.165, 1.54) is 0 Å². The summed E-state index contributed by atoms with van der Waals surface area (Å²) < 4.78 is 15.8. The molecule has 0 saturated carbocycles. The standard InChI is InChI=1S/C14H22O4/c1-11-10-13(12(2)15)4-5-14(11)18-9-8-17-7-6-16-3/h4-5,10,12,15H,6-9H2,1-3H3/t12-/m0/s1. The lowest BCUT2D eigenvalue weighted by molar-refractivity contribution is 0.0543. The van der Waals surface area contributed by atoms with Gasteiger partial charge in [-0.25, -0.2) is 0 Å². The van der Waals surface area contributed by atoms with Gasteiger partial charge in [0.2, 0.25) is 0 Å². The van der Waals surface area contributed by atoms with Crippen LogP contribution in [0.2, 0.25) is 0 Å². The summed E-state index contributed by atoms with van der Waals surface area (Å²) in [5.74, 6) is 0.828. The maximum Gasteiger partial charge on any atom is 0.122 e. The molecule has 0 aliphatic rings. The van der Waals surface area contributed by atoms with E-state index < -0.39 is 6.10 Å².